The van der Waals surface area contributed by atoms with Crippen molar-refractivity contribution in [1.29, 1.82) is 0 Å². The molecule has 1 aliphatic heterocycles. The van der Waals surface area contributed by atoms with Gasteiger partial charge in [0.25, 0.3) is 5.79 Å². The Labute approximate surface area is 162 Å². The number of cyclic esters (lactones) is 2. The first-order valence-electron chi connectivity index (χ1n) is 8.60. The molecule has 1 saturated heterocycles. The lowest BCUT2D eigenvalue weighted by molar-refractivity contribution is -0.235. The number of carbonyl (C=O) groups is 2. The van der Waals surface area contributed by atoms with Gasteiger partial charge in [-0.3, -0.25) is 9.59 Å². The molecule has 2 aromatic carbocycles. The third-order valence-corrected chi connectivity index (χ3v) is 4.83. The second-order valence-electron chi connectivity index (χ2n) is 6.62. The monoisotopic (exact) mass is 383 g/mol. The summed E-state index contributed by atoms with van der Waals surface area (Å²) in [5, 5.41) is 0.362. The summed E-state index contributed by atoms with van der Waals surface area (Å²) < 4.78 is 10.5. The standard InChI is InChI=1S/C21H21NO4S/c1-21(2)25-19(23)17(20(24)26-21)18(27-3)22-16-12-8-7-11-15(16)13-14-9-5-4-6-10-14/h4-12,17H,13H2,1-3H3. The molecule has 5 nitrogen and oxygen atoms in total. The topological polar surface area (TPSA) is 65.0 Å². The second kappa shape index (κ2) is 7.96. The van der Waals surface area contributed by atoms with Crippen molar-refractivity contribution in [1.82, 2.24) is 0 Å². The van der Waals surface area contributed by atoms with Crippen molar-refractivity contribution in [2.24, 2.45) is 10.9 Å². The lowest BCUT2D eigenvalue weighted by Crippen LogP contribution is -2.48. The number of benzene rings is 2. The molecule has 0 aliphatic carbocycles. The van der Waals surface area contributed by atoms with E-state index >= 15 is 0 Å². The van der Waals surface area contributed by atoms with Gasteiger partial charge < -0.3 is 9.47 Å². The van der Waals surface area contributed by atoms with Crippen molar-refractivity contribution in [2.75, 3.05) is 6.26 Å². The Kier molecular flexibility index (Phi) is 5.65. The van der Waals surface area contributed by atoms with E-state index in [1.165, 1.54) is 25.6 Å². The molecule has 0 saturated carbocycles. The normalized spacial score (nSPS) is 17.4. The molecule has 0 amide bonds. The van der Waals surface area contributed by atoms with Crippen LogP contribution in [0.5, 0.6) is 0 Å². The van der Waals surface area contributed by atoms with Crippen LogP contribution in [0.2, 0.25) is 0 Å². The van der Waals surface area contributed by atoms with Crippen LogP contribution in [0.1, 0.15) is 25.0 Å². The number of carbonyl (C=O) groups excluding carboxylic acids is 2. The van der Waals surface area contributed by atoms with Gasteiger partial charge in [-0.05, 0) is 29.9 Å². The SMILES string of the molecule is CSC(=Nc1ccccc1Cc1ccccc1)C1C(=O)OC(C)(C)OC1=O. The fraction of sp³-hybridized carbons (Fsp3) is 0.286. The third kappa shape index (κ3) is 4.57. The molecule has 0 atom stereocenters. The van der Waals surface area contributed by atoms with Crippen molar-refractivity contribution in [3.63, 3.8) is 0 Å². The molecule has 6 heteroatoms. The number of esters is 2. The number of thioether (sulfide) groups is 1. The van der Waals surface area contributed by atoms with Gasteiger partial charge in [0.2, 0.25) is 5.92 Å². The van der Waals surface area contributed by atoms with E-state index < -0.39 is 23.6 Å². The Morgan fingerprint density at radius 2 is 1.59 bits per heavy atom. The number of hydrogen-bond donors (Lipinski definition) is 0. The molecule has 0 N–H and O–H groups in total. The maximum absolute atomic E-state index is 12.4. The van der Waals surface area contributed by atoms with Gasteiger partial charge in [0, 0.05) is 13.8 Å². The zero-order valence-corrected chi connectivity index (χ0v) is 16.3. The number of hydrogen-bond acceptors (Lipinski definition) is 6. The number of rotatable bonds is 4. The van der Waals surface area contributed by atoms with E-state index in [1.807, 2.05) is 54.6 Å². The van der Waals surface area contributed by atoms with E-state index in [2.05, 4.69) is 4.99 Å². The molecule has 0 radical (unpaired) electrons. The Morgan fingerprint density at radius 1 is 1.00 bits per heavy atom. The summed E-state index contributed by atoms with van der Waals surface area (Å²) in [7, 11) is 0. The Balaban J connectivity index is 1.93. The fourth-order valence-corrected chi connectivity index (χ4v) is 3.47. The number of ether oxygens (including phenoxy) is 2. The predicted molar refractivity (Wildman–Crippen MR) is 106 cm³/mol. The Morgan fingerprint density at radius 3 is 2.22 bits per heavy atom. The Hall–Kier alpha value is -2.60. The maximum atomic E-state index is 12.4. The molecule has 1 aliphatic rings. The van der Waals surface area contributed by atoms with Crippen molar-refractivity contribution >= 4 is 34.4 Å². The van der Waals surface area contributed by atoms with Crippen molar-refractivity contribution in [3.8, 4) is 0 Å². The van der Waals surface area contributed by atoms with Gasteiger partial charge in [-0.25, -0.2) is 4.99 Å². The quantitative estimate of drug-likeness (QED) is 0.344. The highest BCUT2D eigenvalue weighted by molar-refractivity contribution is 8.13. The predicted octanol–water partition coefficient (Wildman–Crippen LogP) is 4.12. The van der Waals surface area contributed by atoms with Crippen LogP contribution < -0.4 is 0 Å². The molecule has 0 bridgehead atoms. The molecule has 27 heavy (non-hydrogen) atoms. The van der Waals surface area contributed by atoms with E-state index in [0.29, 0.717) is 11.5 Å². The van der Waals surface area contributed by atoms with Crippen LogP contribution >= 0.6 is 11.8 Å². The van der Waals surface area contributed by atoms with Gasteiger partial charge >= 0.3 is 11.9 Å². The number of nitrogens with zero attached hydrogens (tertiary/aromatic N) is 1. The highest BCUT2D eigenvalue weighted by Crippen LogP contribution is 2.30. The van der Waals surface area contributed by atoms with E-state index in [9.17, 15) is 9.59 Å². The van der Waals surface area contributed by atoms with Gasteiger partial charge in [0.05, 0.1) is 10.7 Å². The van der Waals surface area contributed by atoms with Crippen LogP contribution in [-0.4, -0.2) is 29.0 Å². The molecular weight excluding hydrogens is 362 g/mol. The molecule has 0 spiro atoms. The maximum Gasteiger partial charge on any atom is 0.330 e. The van der Waals surface area contributed by atoms with E-state index in [1.54, 1.807) is 6.26 Å². The van der Waals surface area contributed by atoms with Crippen LogP contribution in [0.25, 0.3) is 0 Å². The molecule has 3 rings (SSSR count). The third-order valence-electron chi connectivity index (χ3n) is 4.08. The summed E-state index contributed by atoms with van der Waals surface area (Å²) in [6.07, 6.45) is 2.48. The van der Waals surface area contributed by atoms with Crippen LogP contribution in [0.4, 0.5) is 5.69 Å². The zero-order chi connectivity index (χ0) is 19.4. The van der Waals surface area contributed by atoms with Crippen LogP contribution in [0, 0.1) is 5.92 Å². The molecule has 0 unspecified atom stereocenters. The van der Waals surface area contributed by atoms with Crippen LogP contribution in [-0.2, 0) is 25.5 Å². The van der Waals surface area contributed by atoms with Gasteiger partial charge in [0.1, 0.15) is 0 Å². The largest absolute Gasteiger partial charge is 0.422 e. The minimum absolute atomic E-state index is 0.362. The number of aliphatic imine (C=N–C) groups is 1. The van der Waals surface area contributed by atoms with Crippen molar-refractivity contribution in [3.05, 3.63) is 65.7 Å². The van der Waals surface area contributed by atoms with Gasteiger partial charge in [0.15, 0.2) is 0 Å². The number of para-hydroxylation sites is 1. The molecular formula is C21H21NO4S. The average molecular weight is 383 g/mol. The lowest BCUT2D eigenvalue weighted by Gasteiger charge is -2.32. The molecule has 1 heterocycles. The summed E-state index contributed by atoms with van der Waals surface area (Å²) in [5.41, 5.74) is 2.88. The van der Waals surface area contributed by atoms with Gasteiger partial charge in [-0.1, -0.05) is 48.5 Å². The highest BCUT2D eigenvalue weighted by Gasteiger charge is 2.46. The average Bonchev–Trinajstić information content (AvgIpc) is 2.61. The summed E-state index contributed by atoms with van der Waals surface area (Å²) in [6, 6.07) is 17.7. The molecule has 0 aromatic heterocycles. The van der Waals surface area contributed by atoms with Gasteiger partial charge in [-0.15, -0.1) is 11.8 Å². The van der Waals surface area contributed by atoms with Gasteiger partial charge in [-0.2, -0.15) is 0 Å². The van der Waals surface area contributed by atoms with E-state index in [0.717, 1.165) is 16.8 Å². The van der Waals surface area contributed by atoms with E-state index in [4.69, 9.17) is 9.47 Å². The van der Waals surface area contributed by atoms with Crippen molar-refractivity contribution < 1.29 is 19.1 Å². The zero-order valence-electron chi connectivity index (χ0n) is 15.5. The minimum atomic E-state index is -1.25. The fourth-order valence-electron chi connectivity index (χ4n) is 2.85. The first kappa shape index (κ1) is 19.2. The van der Waals surface area contributed by atoms with Crippen LogP contribution in [0.3, 0.4) is 0 Å². The smallest absolute Gasteiger partial charge is 0.330 e. The molecule has 140 valence electrons. The second-order valence-corrected chi connectivity index (χ2v) is 7.45. The van der Waals surface area contributed by atoms with Crippen molar-refractivity contribution in [2.45, 2.75) is 26.1 Å². The summed E-state index contributed by atoms with van der Waals surface area (Å²) >= 11 is 1.24. The Bertz CT molecular complexity index is 857. The summed E-state index contributed by atoms with van der Waals surface area (Å²) in [6.45, 7) is 3.06. The first-order chi connectivity index (χ1) is 12.9. The molecule has 2 aromatic rings. The lowest BCUT2D eigenvalue weighted by atomic mass is 10.0. The minimum Gasteiger partial charge on any atom is -0.422 e. The highest BCUT2D eigenvalue weighted by atomic mass is 32.2. The van der Waals surface area contributed by atoms with Crippen LogP contribution in [0.15, 0.2) is 59.6 Å². The molecule has 1 fully saturated rings. The summed E-state index contributed by atoms with van der Waals surface area (Å²) in [4.78, 5) is 29.4. The van der Waals surface area contributed by atoms with E-state index in [-0.39, 0.29) is 0 Å². The first-order valence-corrected chi connectivity index (χ1v) is 9.82. The summed E-state index contributed by atoms with van der Waals surface area (Å²) in [5.74, 6) is -3.67.